The van der Waals surface area contributed by atoms with E-state index in [0.29, 0.717) is 11.6 Å². The van der Waals surface area contributed by atoms with Crippen molar-refractivity contribution in [2.24, 2.45) is 5.92 Å². The van der Waals surface area contributed by atoms with Crippen LogP contribution in [-0.4, -0.2) is 41.2 Å². The molecule has 1 fully saturated rings. The van der Waals surface area contributed by atoms with Crippen LogP contribution in [0.2, 0.25) is 0 Å². The number of aromatic carboxylic acids is 1. The summed E-state index contributed by atoms with van der Waals surface area (Å²) in [5.41, 5.74) is 0.703. The van der Waals surface area contributed by atoms with Crippen LogP contribution in [0, 0.1) is 12.8 Å². The molecule has 1 aromatic heterocycles. The van der Waals surface area contributed by atoms with E-state index in [1.165, 1.54) is 12.1 Å². The first kappa shape index (κ1) is 15.4. The van der Waals surface area contributed by atoms with Crippen molar-refractivity contribution in [1.82, 2.24) is 10.3 Å². The Hall–Kier alpha value is -1.95. The molecule has 0 aromatic carbocycles. The zero-order valence-electron chi connectivity index (χ0n) is 12.3. The molecule has 2 heterocycles. The minimum Gasteiger partial charge on any atom is -0.478 e. The average molecular weight is 292 g/mol. The fraction of sp³-hybridized carbons (Fsp3) is 0.533. The highest BCUT2D eigenvalue weighted by atomic mass is 16.5. The lowest BCUT2D eigenvalue weighted by Crippen LogP contribution is -2.40. The maximum atomic E-state index is 12.2. The van der Waals surface area contributed by atoms with Crippen molar-refractivity contribution >= 4 is 11.9 Å². The van der Waals surface area contributed by atoms with Gasteiger partial charge in [0.1, 0.15) is 5.69 Å². The first-order valence-corrected chi connectivity index (χ1v) is 7.08. The van der Waals surface area contributed by atoms with Gasteiger partial charge in [0.25, 0.3) is 5.91 Å². The predicted molar refractivity (Wildman–Crippen MR) is 76.4 cm³/mol. The van der Waals surface area contributed by atoms with Gasteiger partial charge in [0.05, 0.1) is 11.3 Å². The van der Waals surface area contributed by atoms with Gasteiger partial charge in [0.2, 0.25) is 0 Å². The van der Waals surface area contributed by atoms with Gasteiger partial charge < -0.3 is 15.2 Å². The summed E-state index contributed by atoms with van der Waals surface area (Å²) in [5.74, 6) is -0.904. The summed E-state index contributed by atoms with van der Waals surface area (Å²) in [6.45, 7) is 5.03. The van der Waals surface area contributed by atoms with Crippen molar-refractivity contribution in [2.75, 3.05) is 13.2 Å². The second-order valence-corrected chi connectivity index (χ2v) is 5.35. The van der Waals surface area contributed by atoms with Crippen LogP contribution >= 0.6 is 0 Å². The summed E-state index contributed by atoms with van der Waals surface area (Å²) in [5, 5.41) is 11.9. The number of carbonyl (C=O) groups is 2. The number of carboxylic acid groups (broad SMARTS) is 1. The Morgan fingerprint density at radius 2 is 2.05 bits per heavy atom. The van der Waals surface area contributed by atoms with Crippen molar-refractivity contribution in [2.45, 2.75) is 32.7 Å². The van der Waals surface area contributed by atoms with Gasteiger partial charge in [-0.2, -0.15) is 0 Å². The van der Waals surface area contributed by atoms with E-state index in [2.05, 4.69) is 10.3 Å². The predicted octanol–water partition coefficient (Wildman–Crippen LogP) is 1.63. The number of pyridine rings is 1. The van der Waals surface area contributed by atoms with E-state index in [4.69, 9.17) is 9.84 Å². The molecule has 1 unspecified atom stereocenters. The number of nitrogens with zero attached hydrogens (tertiary/aromatic N) is 1. The summed E-state index contributed by atoms with van der Waals surface area (Å²) < 4.78 is 5.31. The molecule has 1 saturated heterocycles. The maximum Gasteiger partial charge on any atom is 0.337 e. The number of carboxylic acids is 1. The molecule has 1 amide bonds. The van der Waals surface area contributed by atoms with Crippen molar-refractivity contribution in [3.8, 4) is 0 Å². The van der Waals surface area contributed by atoms with Crippen LogP contribution < -0.4 is 5.32 Å². The Kier molecular flexibility index (Phi) is 4.90. The van der Waals surface area contributed by atoms with E-state index in [0.717, 1.165) is 26.1 Å². The lowest BCUT2D eigenvalue weighted by Gasteiger charge is -2.28. The van der Waals surface area contributed by atoms with Crippen molar-refractivity contribution < 1.29 is 19.4 Å². The number of amides is 1. The highest BCUT2D eigenvalue weighted by Crippen LogP contribution is 2.18. The third kappa shape index (κ3) is 3.78. The topological polar surface area (TPSA) is 88.5 Å². The summed E-state index contributed by atoms with van der Waals surface area (Å²) in [6, 6.07) is 2.91. The molecule has 0 saturated carbocycles. The van der Waals surface area contributed by atoms with Gasteiger partial charge in [-0.3, -0.25) is 4.79 Å². The van der Waals surface area contributed by atoms with Crippen molar-refractivity contribution in [3.05, 3.63) is 29.1 Å². The number of hydrogen-bond donors (Lipinski definition) is 2. The van der Waals surface area contributed by atoms with Gasteiger partial charge >= 0.3 is 5.97 Å². The van der Waals surface area contributed by atoms with Crippen LogP contribution in [0.15, 0.2) is 12.1 Å². The van der Waals surface area contributed by atoms with Gasteiger partial charge in [-0.25, -0.2) is 9.78 Å². The van der Waals surface area contributed by atoms with E-state index in [1.807, 2.05) is 6.92 Å². The van der Waals surface area contributed by atoms with Crippen molar-refractivity contribution in [3.63, 3.8) is 0 Å². The highest BCUT2D eigenvalue weighted by molar-refractivity contribution is 5.94. The third-order valence-electron chi connectivity index (χ3n) is 3.88. The monoisotopic (exact) mass is 292 g/mol. The van der Waals surface area contributed by atoms with Crippen LogP contribution in [0.4, 0.5) is 0 Å². The van der Waals surface area contributed by atoms with Crippen LogP contribution in [0.1, 0.15) is 46.3 Å². The van der Waals surface area contributed by atoms with E-state index in [1.54, 1.807) is 6.92 Å². The standard InChI is InChI=1S/C15H20N2O4/c1-9(11-5-7-21-8-6-11)17-14(18)13-4-3-12(15(19)20)10(2)16-13/h3-4,9,11H,5-8H2,1-2H3,(H,17,18)(H,19,20). The van der Waals surface area contributed by atoms with Crippen LogP contribution in [0.5, 0.6) is 0 Å². The van der Waals surface area contributed by atoms with Crippen LogP contribution in [-0.2, 0) is 4.74 Å². The Morgan fingerprint density at radius 1 is 1.38 bits per heavy atom. The number of rotatable bonds is 4. The zero-order chi connectivity index (χ0) is 15.4. The molecule has 114 valence electrons. The van der Waals surface area contributed by atoms with Gasteiger partial charge in [-0.1, -0.05) is 0 Å². The zero-order valence-corrected chi connectivity index (χ0v) is 12.3. The molecule has 2 N–H and O–H groups in total. The van der Waals surface area contributed by atoms with Crippen LogP contribution in [0.25, 0.3) is 0 Å². The fourth-order valence-corrected chi connectivity index (χ4v) is 2.53. The molecule has 21 heavy (non-hydrogen) atoms. The molecule has 6 nitrogen and oxygen atoms in total. The molecule has 0 aliphatic carbocycles. The van der Waals surface area contributed by atoms with Gasteiger partial charge in [0, 0.05) is 19.3 Å². The molecular weight excluding hydrogens is 272 g/mol. The van der Waals surface area contributed by atoms with E-state index >= 15 is 0 Å². The molecule has 1 atom stereocenters. The largest absolute Gasteiger partial charge is 0.478 e. The first-order valence-electron chi connectivity index (χ1n) is 7.08. The highest BCUT2D eigenvalue weighted by Gasteiger charge is 2.23. The van der Waals surface area contributed by atoms with Crippen LogP contribution in [0.3, 0.4) is 0 Å². The van der Waals surface area contributed by atoms with Crippen molar-refractivity contribution in [1.29, 1.82) is 0 Å². The van der Waals surface area contributed by atoms with Gasteiger partial charge in [-0.15, -0.1) is 0 Å². The molecule has 0 bridgehead atoms. The Bertz CT molecular complexity index is 538. The Morgan fingerprint density at radius 3 is 2.62 bits per heavy atom. The molecule has 6 heteroatoms. The smallest absolute Gasteiger partial charge is 0.337 e. The summed E-state index contributed by atoms with van der Waals surface area (Å²) in [6.07, 6.45) is 1.87. The SMILES string of the molecule is Cc1nc(C(=O)NC(C)C2CCOCC2)ccc1C(=O)O. The molecule has 0 radical (unpaired) electrons. The number of aryl methyl sites for hydroxylation is 1. The van der Waals surface area contributed by atoms with E-state index in [-0.39, 0.29) is 23.2 Å². The number of carbonyl (C=O) groups excluding carboxylic acids is 1. The lowest BCUT2D eigenvalue weighted by atomic mass is 9.93. The number of ether oxygens (including phenoxy) is 1. The molecular formula is C15H20N2O4. The summed E-state index contributed by atoms with van der Waals surface area (Å²) in [4.78, 5) is 27.2. The first-order chi connectivity index (χ1) is 9.99. The van der Waals surface area contributed by atoms with E-state index < -0.39 is 5.97 Å². The summed E-state index contributed by atoms with van der Waals surface area (Å²) in [7, 11) is 0. The molecule has 1 aliphatic rings. The quantitative estimate of drug-likeness (QED) is 0.880. The molecule has 1 aromatic rings. The molecule has 2 rings (SSSR count). The Labute approximate surface area is 123 Å². The van der Waals surface area contributed by atoms with E-state index in [9.17, 15) is 9.59 Å². The minimum atomic E-state index is -1.04. The number of nitrogens with one attached hydrogen (secondary N) is 1. The van der Waals surface area contributed by atoms with Gasteiger partial charge in [0.15, 0.2) is 0 Å². The summed E-state index contributed by atoms with van der Waals surface area (Å²) >= 11 is 0. The maximum absolute atomic E-state index is 12.2. The second-order valence-electron chi connectivity index (χ2n) is 5.35. The lowest BCUT2D eigenvalue weighted by molar-refractivity contribution is 0.0537. The number of aromatic nitrogens is 1. The minimum absolute atomic E-state index is 0.0441. The van der Waals surface area contributed by atoms with Gasteiger partial charge in [-0.05, 0) is 44.7 Å². The third-order valence-corrected chi connectivity index (χ3v) is 3.88. The molecule has 0 spiro atoms. The normalized spacial score (nSPS) is 17.2. The Balaban J connectivity index is 2.02. The molecule has 1 aliphatic heterocycles. The fourth-order valence-electron chi connectivity index (χ4n) is 2.53. The second kappa shape index (κ2) is 6.67. The average Bonchev–Trinajstić information content (AvgIpc) is 2.47. The number of hydrogen-bond acceptors (Lipinski definition) is 4.